The topological polar surface area (TPSA) is 77.8 Å². The monoisotopic (exact) mass is 278 g/mol. The summed E-state index contributed by atoms with van der Waals surface area (Å²) in [5.41, 5.74) is 0.523. The van der Waals surface area contributed by atoms with Crippen molar-refractivity contribution in [1.82, 2.24) is 0 Å². The molecular weight excluding hydrogens is 256 g/mol. The average Bonchev–Trinajstić information content (AvgIpc) is 2.35. The predicted octanol–water partition coefficient (Wildman–Crippen LogP) is 3.85. The van der Waals surface area contributed by atoms with Gasteiger partial charge in [0.15, 0.2) is 5.78 Å². The summed E-state index contributed by atoms with van der Waals surface area (Å²) in [7, 11) is 0. The molecule has 0 aliphatic rings. The first-order valence-electron chi connectivity index (χ1n) is 6.81. The van der Waals surface area contributed by atoms with E-state index in [2.05, 4.69) is 6.58 Å². The zero-order chi connectivity index (χ0) is 15.4. The van der Waals surface area contributed by atoms with E-state index in [4.69, 9.17) is 0 Å². The van der Waals surface area contributed by atoms with E-state index >= 15 is 0 Å². The number of benzene rings is 1. The van der Waals surface area contributed by atoms with Crippen LogP contribution < -0.4 is 0 Å². The third-order valence-electron chi connectivity index (χ3n) is 3.31. The maximum absolute atomic E-state index is 12.1. The molecule has 1 aromatic rings. The minimum atomic E-state index is -0.401. The second-order valence-electron chi connectivity index (χ2n) is 5.22. The van der Waals surface area contributed by atoms with E-state index in [9.17, 15) is 20.1 Å². The third-order valence-corrected chi connectivity index (χ3v) is 3.31. The number of carbonyl (C=O) groups is 1. The fraction of sp³-hybridized carbons (Fsp3) is 0.438. The SMILES string of the molecule is C=C(c1c(O)cc(O)c(C(=O)CCCC)c1O)C(C)C. The lowest BCUT2D eigenvalue weighted by Gasteiger charge is -2.16. The van der Waals surface area contributed by atoms with E-state index in [1.165, 1.54) is 0 Å². The van der Waals surface area contributed by atoms with Gasteiger partial charge in [-0.3, -0.25) is 4.79 Å². The average molecular weight is 278 g/mol. The number of phenolic OH excluding ortho intramolecular Hbond substituents is 3. The van der Waals surface area contributed by atoms with Crippen LogP contribution in [0.2, 0.25) is 0 Å². The number of carbonyl (C=O) groups excluding carboxylic acids is 1. The van der Waals surface area contributed by atoms with Gasteiger partial charge in [-0.1, -0.05) is 33.8 Å². The number of phenols is 3. The number of Topliss-reactive ketones (excluding diaryl/α,β-unsaturated/α-hetero) is 1. The Balaban J connectivity index is 3.36. The molecule has 0 saturated heterocycles. The van der Waals surface area contributed by atoms with Crippen molar-refractivity contribution in [2.75, 3.05) is 0 Å². The van der Waals surface area contributed by atoms with Crippen LogP contribution in [0.1, 0.15) is 56.0 Å². The molecule has 0 aromatic heterocycles. The predicted molar refractivity (Wildman–Crippen MR) is 79.2 cm³/mol. The second-order valence-corrected chi connectivity index (χ2v) is 5.22. The lowest BCUT2D eigenvalue weighted by atomic mass is 9.91. The summed E-state index contributed by atoms with van der Waals surface area (Å²) in [5, 5.41) is 29.9. The lowest BCUT2D eigenvalue weighted by molar-refractivity contribution is 0.0974. The molecule has 0 aliphatic carbocycles. The number of allylic oxidation sites excluding steroid dienone is 1. The summed E-state index contributed by atoms with van der Waals surface area (Å²) in [4.78, 5) is 12.1. The van der Waals surface area contributed by atoms with Gasteiger partial charge in [0.1, 0.15) is 22.8 Å². The van der Waals surface area contributed by atoms with E-state index in [1.54, 1.807) is 0 Å². The van der Waals surface area contributed by atoms with Crippen molar-refractivity contribution in [2.45, 2.75) is 40.0 Å². The molecule has 110 valence electrons. The van der Waals surface area contributed by atoms with Gasteiger partial charge in [-0.25, -0.2) is 0 Å². The van der Waals surface area contributed by atoms with E-state index in [0.717, 1.165) is 12.5 Å². The molecule has 0 unspecified atom stereocenters. The number of rotatable bonds is 6. The second kappa shape index (κ2) is 6.46. The fourth-order valence-electron chi connectivity index (χ4n) is 1.98. The third kappa shape index (κ3) is 3.13. The van der Waals surface area contributed by atoms with Gasteiger partial charge in [0, 0.05) is 12.5 Å². The standard InChI is InChI=1S/C16H22O4/c1-5-6-7-11(17)15-13(19)8-12(18)14(16(15)20)10(4)9(2)3/h8-9,18-20H,4-7H2,1-3H3. The minimum absolute atomic E-state index is 0.00469. The van der Waals surface area contributed by atoms with E-state index in [-0.39, 0.29) is 40.7 Å². The fourth-order valence-corrected chi connectivity index (χ4v) is 1.98. The lowest BCUT2D eigenvalue weighted by Crippen LogP contribution is -2.03. The first kappa shape index (κ1) is 16.1. The molecule has 0 fully saturated rings. The highest BCUT2D eigenvalue weighted by Gasteiger charge is 2.24. The van der Waals surface area contributed by atoms with Crippen molar-refractivity contribution < 1.29 is 20.1 Å². The highest BCUT2D eigenvalue weighted by Crippen LogP contribution is 2.43. The van der Waals surface area contributed by atoms with Crippen molar-refractivity contribution in [2.24, 2.45) is 5.92 Å². The first-order chi connectivity index (χ1) is 9.31. The molecule has 0 amide bonds. The summed E-state index contributed by atoms with van der Waals surface area (Å²) in [5.74, 6) is -1.40. The molecule has 4 heteroatoms. The summed E-state index contributed by atoms with van der Waals surface area (Å²) >= 11 is 0. The molecule has 0 saturated carbocycles. The molecule has 20 heavy (non-hydrogen) atoms. The molecule has 1 rings (SSSR count). The molecule has 1 aromatic carbocycles. The maximum atomic E-state index is 12.1. The van der Waals surface area contributed by atoms with Gasteiger partial charge in [-0.2, -0.15) is 0 Å². The van der Waals surface area contributed by atoms with Gasteiger partial charge < -0.3 is 15.3 Å². The summed E-state index contributed by atoms with van der Waals surface area (Å²) in [6, 6.07) is 1.09. The highest BCUT2D eigenvalue weighted by atomic mass is 16.3. The summed E-state index contributed by atoms with van der Waals surface area (Å²) in [6.45, 7) is 9.52. The van der Waals surface area contributed by atoms with Crippen LogP contribution >= 0.6 is 0 Å². The van der Waals surface area contributed by atoms with Gasteiger partial charge in [-0.05, 0) is 17.9 Å². The molecule has 0 bridgehead atoms. The van der Waals surface area contributed by atoms with Crippen LogP contribution in [0.3, 0.4) is 0 Å². The zero-order valence-electron chi connectivity index (χ0n) is 12.2. The van der Waals surface area contributed by atoms with Gasteiger partial charge in [0.05, 0.1) is 5.56 Å². The normalized spacial score (nSPS) is 10.8. The van der Waals surface area contributed by atoms with Gasteiger partial charge in [0.25, 0.3) is 0 Å². The van der Waals surface area contributed by atoms with Crippen LogP contribution in [-0.4, -0.2) is 21.1 Å². The van der Waals surface area contributed by atoms with Crippen molar-refractivity contribution in [3.8, 4) is 17.2 Å². The Morgan fingerprint density at radius 1 is 1.20 bits per heavy atom. The van der Waals surface area contributed by atoms with Crippen LogP contribution in [0.25, 0.3) is 5.57 Å². The molecule has 3 N–H and O–H groups in total. The number of hydrogen-bond acceptors (Lipinski definition) is 4. The molecular formula is C16H22O4. The Labute approximate surface area is 119 Å². The quantitative estimate of drug-likeness (QED) is 0.691. The Morgan fingerprint density at radius 3 is 2.25 bits per heavy atom. The molecule has 0 atom stereocenters. The Hall–Kier alpha value is -1.97. The van der Waals surface area contributed by atoms with Gasteiger partial charge >= 0.3 is 0 Å². The zero-order valence-corrected chi connectivity index (χ0v) is 12.2. The van der Waals surface area contributed by atoms with E-state index < -0.39 is 5.75 Å². The van der Waals surface area contributed by atoms with Crippen LogP contribution in [0, 0.1) is 5.92 Å². The van der Waals surface area contributed by atoms with Gasteiger partial charge in [-0.15, -0.1) is 0 Å². The summed E-state index contributed by atoms with van der Waals surface area (Å²) < 4.78 is 0. The maximum Gasteiger partial charge on any atom is 0.170 e. The van der Waals surface area contributed by atoms with E-state index in [0.29, 0.717) is 12.0 Å². The smallest absolute Gasteiger partial charge is 0.170 e. The van der Waals surface area contributed by atoms with Crippen molar-refractivity contribution in [1.29, 1.82) is 0 Å². The molecule has 4 nitrogen and oxygen atoms in total. The van der Waals surface area contributed by atoms with Crippen LogP contribution in [0.4, 0.5) is 0 Å². The number of hydrogen-bond donors (Lipinski definition) is 3. The molecule has 0 spiro atoms. The Bertz CT molecular complexity index is 530. The largest absolute Gasteiger partial charge is 0.507 e. The van der Waals surface area contributed by atoms with E-state index in [1.807, 2.05) is 20.8 Å². The van der Waals surface area contributed by atoms with Crippen molar-refractivity contribution >= 4 is 11.4 Å². The van der Waals surface area contributed by atoms with Crippen LogP contribution in [0.15, 0.2) is 12.6 Å². The molecule has 0 aliphatic heterocycles. The minimum Gasteiger partial charge on any atom is -0.507 e. The number of unbranched alkanes of at least 4 members (excludes halogenated alkanes) is 1. The van der Waals surface area contributed by atoms with Crippen LogP contribution in [0.5, 0.6) is 17.2 Å². The van der Waals surface area contributed by atoms with Gasteiger partial charge in [0.2, 0.25) is 0 Å². The highest BCUT2D eigenvalue weighted by molar-refractivity contribution is 6.03. The number of aromatic hydroxyl groups is 3. The first-order valence-corrected chi connectivity index (χ1v) is 6.81. The Kier molecular flexibility index (Phi) is 5.19. The Morgan fingerprint density at radius 2 is 1.75 bits per heavy atom. The summed E-state index contributed by atoms with van der Waals surface area (Å²) in [6.07, 6.45) is 1.77. The molecule has 0 heterocycles. The van der Waals surface area contributed by atoms with Crippen molar-refractivity contribution in [3.63, 3.8) is 0 Å². The molecule has 0 radical (unpaired) electrons. The van der Waals surface area contributed by atoms with Crippen LogP contribution in [-0.2, 0) is 0 Å². The number of ketones is 1. The van der Waals surface area contributed by atoms with Crippen molar-refractivity contribution in [3.05, 3.63) is 23.8 Å².